The van der Waals surface area contributed by atoms with E-state index < -0.39 is 21.9 Å². The number of hydrogen-bond donors (Lipinski definition) is 1. The van der Waals surface area contributed by atoms with Gasteiger partial charge in [0.05, 0.1) is 23.2 Å². The molecule has 198 valence electrons. The van der Waals surface area contributed by atoms with Crippen LogP contribution >= 0.6 is 11.3 Å². The van der Waals surface area contributed by atoms with Crippen LogP contribution in [-0.2, 0) is 32.5 Å². The van der Waals surface area contributed by atoms with Crippen molar-refractivity contribution >= 4 is 38.2 Å². The van der Waals surface area contributed by atoms with E-state index in [0.717, 1.165) is 29.8 Å². The van der Waals surface area contributed by atoms with Gasteiger partial charge in [-0.25, -0.2) is 13.2 Å². The number of fused-ring (bicyclic) bond motifs is 1. The van der Waals surface area contributed by atoms with Crippen molar-refractivity contribution in [1.82, 2.24) is 9.21 Å². The van der Waals surface area contributed by atoms with Gasteiger partial charge in [-0.05, 0) is 63.1 Å². The Kier molecular flexibility index (Phi) is 9.53. The van der Waals surface area contributed by atoms with E-state index in [2.05, 4.69) is 10.2 Å². The first-order valence-electron chi connectivity index (χ1n) is 11.7. The SMILES string of the molecule is CCOC(=O)c1c(NC(=O)c2ccc(S(=O)(=O)N(C)CC3CCCO3)cc2)sc2c1CCN(C)C2.[Cl-]. The highest BCUT2D eigenvalue weighted by molar-refractivity contribution is 7.89. The lowest BCUT2D eigenvalue weighted by molar-refractivity contribution is -0.0000361. The van der Waals surface area contributed by atoms with Gasteiger partial charge in [-0.15, -0.1) is 11.3 Å². The van der Waals surface area contributed by atoms with Crippen molar-refractivity contribution in [2.24, 2.45) is 0 Å². The van der Waals surface area contributed by atoms with Crippen LogP contribution in [0.4, 0.5) is 5.00 Å². The molecule has 1 unspecified atom stereocenters. The Morgan fingerprint density at radius 3 is 2.64 bits per heavy atom. The van der Waals surface area contributed by atoms with Crippen LogP contribution in [-0.4, -0.2) is 76.0 Å². The highest BCUT2D eigenvalue weighted by Gasteiger charge is 2.29. The van der Waals surface area contributed by atoms with Crippen LogP contribution in [0.1, 0.15) is 50.9 Å². The molecular weight excluding hydrogens is 526 g/mol. The number of carbonyl (C=O) groups excluding carboxylic acids is 2. The van der Waals surface area contributed by atoms with E-state index in [1.54, 1.807) is 6.92 Å². The van der Waals surface area contributed by atoms with E-state index in [4.69, 9.17) is 9.47 Å². The van der Waals surface area contributed by atoms with E-state index in [0.29, 0.717) is 42.2 Å². The van der Waals surface area contributed by atoms with Crippen LogP contribution in [0.5, 0.6) is 0 Å². The Balaban J connectivity index is 0.00000361. The van der Waals surface area contributed by atoms with Gasteiger partial charge < -0.3 is 32.1 Å². The maximum Gasteiger partial charge on any atom is 0.341 e. The smallest absolute Gasteiger partial charge is 0.341 e. The molecule has 0 aliphatic carbocycles. The van der Waals surface area contributed by atoms with Crippen LogP contribution in [0.25, 0.3) is 0 Å². The second kappa shape index (κ2) is 12.0. The fraction of sp³-hybridized carbons (Fsp3) is 0.500. The zero-order valence-corrected chi connectivity index (χ0v) is 23.0. The molecule has 36 heavy (non-hydrogen) atoms. The summed E-state index contributed by atoms with van der Waals surface area (Å²) in [7, 11) is -0.157. The summed E-state index contributed by atoms with van der Waals surface area (Å²) in [5.41, 5.74) is 1.64. The van der Waals surface area contributed by atoms with Crippen molar-refractivity contribution in [1.29, 1.82) is 0 Å². The van der Waals surface area contributed by atoms with E-state index in [1.165, 1.54) is 47.0 Å². The molecular formula is C24H31ClN3O6S2-. The third-order valence-electron chi connectivity index (χ3n) is 6.26. The van der Waals surface area contributed by atoms with Crippen molar-refractivity contribution < 1.29 is 39.9 Å². The van der Waals surface area contributed by atoms with Gasteiger partial charge in [-0.1, -0.05) is 0 Å². The number of benzene rings is 1. The van der Waals surface area contributed by atoms with E-state index in [-0.39, 0.29) is 30.0 Å². The number of likely N-dealkylation sites (N-methyl/N-ethyl adjacent to an activating group) is 2. The molecule has 0 saturated carbocycles. The van der Waals surface area contributed by atoms with Gasteiger partial charge in [0.15, 0.2) is 0 Å². The minimum Gasteiger partial charge on any atom is -1.00 e. The number of hydrogen-bond acceptors (Lipinski definition) is 8. The average Bonchev–Trinajstić information content (AvgIpc) is 3.46. The number of nitrogens with zero attached hydrogens (tertiary/aromatic N) is 2. The number of anilines is 1. The van der Waals surface area contributed by atoms with Crippen molar-refractivity contribution in [2.45, 2.75) is 43.7 Å². The Hall–Kier alpha value is -2.02. The fourth-order valence-corrected chi connectivity index (χ4v) is 6.86. The normalized spacial score (nSPS) is 17.9. The summed E-state index contributed by atoms with van der Waals surface area (Å²) in [4.78, 5) is 29.0. The molecule has 2 aliphatic rings. The highest BCUT2D eigenvalue weighted by Crippen LogP contribution is 2.37. The molecule has 1 amide bonds. The number of carbonyl (C=O) groups is 2. The van der Waals surface area contributed by atoms with Gasteiger partial charge in [-0.3, -0.25) is 4.79 Å². The monoisotopic (exact) mass is 556 g/mol. The first kappa shape index (κ1) is 28.5. The van der Waals surface area contributed by atoms with E-state index in [1.807, 2.05) is 7.05 Å². The summed E-state index contributed by atoms with van der Waals surface area (Å²) in [6.07, 6.45) is 2.39. The molecule has 2 aromatic rings. The zero-order valence-electron chi connectivity index (χ0n) is 20.6. The number of halogens is 1. The highest BCUT2D eigenvalue weighted by atomic mass is 35.5. The van der Waals surface area contributed by atoms with Crippen LogP contribution in [0.15, 0.2) is 29.2 Å². The molecule has 1 aromatic carbocycles. The molecule has 3 heterocycles. The Morgan fingerprint density at radius 2 is 2.00 bits per heavy atom. The Labute approximate surface area is 222 Å². The largest absolute Gasteiger partial charge is 1.00 e. The number of nitrogens with one attached hydrogen (secondary N) is 1. The standard InChI is InChI=1S/C24H31N3O6S2.ClH/c1-4-32-24(29)21-19-11-12-26(2)15-20(19)34-23(21)25-22(28)16-7-9-18(10-8-16)35(30,31)27(3)14-17-6-5-13-33-17;/h7-10,17H,4-6,11-15H2,1-3H3,(H,25,28);1H/p-1. The Morgan fingerprint density at radius 1 is 1.28 bits per heavy atom. The summed E-state index contributed by atoms with van der Waals surface area (Å²) < 4.78 is 37.9. The topological polar surface area (TPSA) is 105 Å². The zero-order chi connectivity index (χ0) is 25.2. The molecule has 2 aliphatic heterocycles. The lowest BCUT2D eigenvalue weighted by Crippen LogP contribution is -3.00. The first-order valence-corrected chi connectivity index (χ1v) is 14.0. The quantitative estimate of drug-likeness (QED) is 0.455. The first-order chi connectivity index (χ1) is 16.7. The average molecular weight is 557 g/mol. The molecule has 4 rings (SSSR count). The number of thiophene rings is 1. The minimum absolute atomic E-state index is 0. The molecule has 0 bridgehead atoms. The molecule has 12 heteroatoms. The number of esters is 1. The summed E-state index contributed by atoms with van der Waals surface area (Å²) in [5, 5.41) is 3.31. The van der Waals surface area contributed by atoms with E-state index in [9.17, 15) is 18.0 Å². The molecule has 1 N–H and O–H groups in total. The van der Waals surface area contributed by atoms with Gasteiger partial charge in [0.25, 0.3) is 5.91 Å². The van der Waals surface area contributed by atoms with Gasteiger partial charge in [0.1, 0.15) is 5.00 Å². The third kappa shape index (κ3) is 6.09. The molecule has 1 saturated heterocycles. The molecule has 1 fully saturated rings. The molecule has 1 atom stereocenters. The maximum absolute atomic E-state index is 13.0. The van der Waals surface area contributed by atoms with Gasteiger partial charge >= 0.3 is 5.97 Å². The number of sulfonamides is 1. The lowest BCUT2D eigenvalue weighted by atomic mass is 10.0. The fourth-order valence-electron chi connectivity index (χ4n) is 4.35. The lowest BCUT2D eigenvalue weighted by Gasteiger charge is -2.22. The maximum atomic E-state index is 13.0. The second-order valence-corrected chi connectivity index (χ2v) is 12.0. The molecule has 1 aromatic heterocycles. The van der Waals surface area contributed by atoms with Crippen LogP contribution in [0, 0.1) is 0 Å². The van der Waals surface area contributed by atoms with Crippen molar-refractivity contribution in [3.05, 3.63) is 45.8 Å². The Bertz CT molecular complexity index is 1190. The van der Waals surface area contributed by atoms with Gasteiger partial charge in [0, 0.05) is 43.7 Å². The van der Waals surface area contributed by atoms with Gasteiger partial charge in [0.2, 0.25) is 10.0 Å². The van der Waals surface area contributed by atoms with Crippen molar-refractivity contribution in [2.75, 3.05) is 45.7 Å². The van der Waals surface area contributed by atoms with Gasteiger partial charge in [-0.2, -0.15) is 4.31 Å². The van der Waals surface area contributed by atoms with Crippen LogP contribution < -0.4 is 17.7 Å². The molecule has 0 spiro atoms. The summed E-state index contributed by atoms with van der Waals surface area (Å²) in [5.74, 6) is -0.861. The number of rotatable bonds is 8. The predicted molar refractivity (Wildman–Crippen MR) is 133 cm³/mol. The molecule has 9 nitrogen and oxygen atoms in total. The predicted octanol–water partition coefficient (Wildman–Crippen LogP) is -0.0315. The summed E-state index contributed by atoms with van der Waals surface area (Å²) in [6, 6.07) is 5.81. The van der Waals surface area contributed by atoms with Crippen molar-refractivity contribution in [3.63, 3.8) is 0 Å². The number of amides is 1. The number of ether oxygens (including phenoxy) is 2. The summed E-state index contributed by atoms with van der Waals surface area (Å²) in [6.45, 7) is 4.46. The van der Waals surface area contributed by atoms with Crippen LogP contribution in [0.3, 0.4) is 0 Å². The molecule has 0 radical (unpaired) electrons. The second-order valence-electron chi connectivity index (χ2n) is 8.82. The van der Waals surface area contributed by atoms with E-state index >= 15 is 0 Å². The minimum atomic E-state index is -3.70. The van der Waals surface area contributed by atoms with Crippen LogP contribution in [0.2, 0.25) is 0 Å². The summed E-state index contributed by atoms with van der Waals surface area (Å²) >= 11 is 1.38. The van der Waals surface area contributed by atoms with Crippen molar-refractivity contribution in [3.8, 4) is 0 Å². The third-order valence-corrected chi connectivity index (χ3v) is 9.23.